The number of hydrogen-bond donors (Lipinski definition) is 0. The van der Waals surface area contributed by atoms with Crippen molar-refractivity contribution < 1.29 is 13.2 Å². The maximum absolute atomic E-state index is 12.5. The third kappa shape index (κ3) is 3.23. The van der Waals surface area contributed by atoms with Crippen LogP contribution in [0.1, 0.15) is 18.9 Å². The molecule has 0 radical (unpaired) electrons. The zero-order valence-electron chi connectivity index (χ0n) is 7.98. The molecule has 0 fully saturated rings. The molecular weight excluding hydrogens is 227 g/mol. The molecule has 5 heteroatoms. The van der Waals surface area contributed by atoms with Crippen molar-refractivity contribution in [1.82, 2.24) is 0 Å². The highest BCUT2D eigenvalue weighted by Crippen LogP contribution is 2.36. The monoisotopic (exact) mass is 235 g/mol. The van der Waals surface area contributed by atoms with E-state index in [0.717, 1.165) is 6.07 Å². The van der Waals surface area contributed by atoms with Gasteiger partial charge < -0.3 is 0 Å². The van der Waals surface area contributed by atoms with E-state index in [1.807, 2.05) is 0 Å². The van der Waals surface area contributed by atoms with Gasteiger partial charge in [0.25, 0.3) is 0 Å². The molecule has 1 aromatic carbocycles. The maximum Gasteiger partial charge on any atom is 0.418 e. The molecular formula is C10H9ClF3N. The van der Waals surface area contributed by atoms with Gasteiger partial charge in [-0.25, -0.2) is 4.99 Å². The molecule has 0 saturated heterocycles. The molecule has 0 N–H and O–H groups in total. The van der Waals surface area contributed by atoms with E-state index in [1.54, 1.807) is 6.92 Å². The minimum absolute atomic E-state index is 0.142. The second-order valence-corrected chi connectivity index (χ2v) is 3.29. The largest absolute Gasteiger partial charge is 0.418 e. The lowest BCUT2D eigenvalue weighted by Gasteiger charge is -2.09. The highest BCUT2D eigenvalue weighted by Gasteiger charge is 2.33. The molecule has 1 rings (SSSR count). The summed E-state index contributed by atoms with van der Waals surface area (Å²) in [5.41, 5.74) is -0.909. The second kappa shape index (κ2) is 4.66. The Morgan fingerprint density at radius 3 is 2.47 bits per heavy atom. The molecule has 0 aliphatic carbocycles. The van der Waals surface area contributed by atoms with Crippen molar-refractivity contribution in [2.75, 3.05) is 0 Å². The fourth-order valence-corrected chi connectivity index (χ4v) is 1.11. The molecule has 82 valence electrons. The van der Waals surface area contributed by atoms with Gasteiger partial charge in [0.2, 0.25) is 0 Å². The Bertz CT molecular complexity index is 371. The van der Waals surface area contributed by atoms with Crippen LogP contribution >= 0.6 is 11.6 Å². The Kier molecular flexibility index (Phi) is 3.74. The van der Waals surface area contributed by atoms with E-state index in [-0.39, 0.29) is 10.9 Å². The average molecular weight is 236 g/mol. The molecule has 0 heterocycles. The van der Waals surface area contributed by atoms with Crippen molar-refractivity contribution in [1.29, 1.82) is 0 Å². The topological polar surface area (TPSA) is 12.4 Å². The van der Waals surface area contributed by atoms with Gasteiger partial charge in [-0.3, -0.25) is 0 Å². The molecule has 0 aliphatic heterocycles. The second-order valence-electron chi connectivity index (χ2n) is 2.86. The van der Waals surface area contributed by atoms with E-state index < -0.39 is 11.7 Å². The smallest absolute Gasteiger partial charge is 0.241 e. The van der Waals surface area contributed by atoms with Crippen LogP contribution in [0.2, 0.25) is 0 Å². The molecule has 0 aromatic heterocycles. The number of hydrogen-bond acceptors (Lipinski definition) is 1. The minimum atomic E-state index is -4.40. The lowest BCUT2D eigenvalue weighted by atomic mass is 10.2. The third-order valence-corrected chi connectivity index (χ3v) is 2.09. The van der Waals surface area contributed by atoms with Crippen LogP contribution in [0.4, 0.5) is 18.9 Å². The van der Waals surface area contributed by atoms with Crippen LogP contribution < -0.4 is 0 Å². The van der Waals surface area contributed by atoms with E-state index >= 15 is 0 Å². The zero-order chi connectivity index (χ0) is 11.5. The Morgan fingerprint density at radius 2 is 1.93 bits per heavy atom. The quantitative estimate of drug-likeness (QED) is 0.675. The molecule has 15 heavy (non-hydrogen) atoms. The first-order valence-corrected chi connectivity index (χ1v) is 4.72. The number of para-hydroxylation sites is 1. The maximum atomic E-state index is 12.5. The Morgan fingerprint density at radius 1 is 1.33 bits per heavy atom. The van der Waals surface area contributed by atoms with E-state index in [0.29, 0.717) is 6.42 Å². The minimum Gasteiger partial charge on any atom is -0.241 e. The third-order valence-electron chi connectivity index (χ3n) is 1.74. The molecule has 1 nitrogen and oxygen atoms in total. The first-order chi connectivity index (χ1) is 6.95. The van der Waals surface area contributed by atoms with Gasteiger partial charge in [-0.1, -0.05) is 30.7 Å². The van der Waals surface area contributed by atoms with Crippen LogP contribution in [0, 0.1) is 0 Å². The first kappa shape index (κ1) is 12.0. The summed E-state index contributed by atoms with van der Waals surface area (Å²) in [6, 6.07) is 5.09. The first-order valence-electron chi connectivity index (χ1n) is 4.34. The van der Waals surface area contributed by atoms with Crippen LogP contribution in [0.15, 0.2) is 29.3 Å². The van der Waals surface area contributed by atoms with E-state index in [2.05, 4.69) is 4.99 Å². The fourth-order valence-electron chi connectivity index (χ4n) is 1.02. The molecule has 0 spiro atoms. The summed E-state index contributed by atoms with van der Waals surface area (Å²) < 4.78 is 37.5. The van der Waals surface area contributed by atoms with Crippen molar-refractivity contribution in [3.63, 3.8) is 0 Å². The van der Waals surface area contributed by atoms with Gasteiger partial charge in [-0.05, 0) is 18.6 Å². The van der Waals surface area contributed by atoms with Crippen molar-refractivity contribution >= 4 is 22.5 Å². The Labute approximate surface area is 90.6 Å². The van der Waals surface area contributed by atoms with E-state index in [1.165, 1.54) is 18.2 Å². The van der Waals surface area contributed by atoms with Gasteiger partial charge in [-0.2, -0.15) is 13.2 Å². The Balaban J connectivity index is 3.19. The molecule has 0 atom stereocenters. The molecule has 0 unspecified atom stereocenters. The SMILES string of the molecule is CCC(Cl)=Nc1ccccc1C(F)(F)F. The summed E-state index contributed by atoms with van der Waals surface area (Å²) in [5.74, 6) is 0. The van der Waals surface area contributed by atoms with Crippen molar-refractivity contribution in [2.24, 2.45) is 4.99 Å². The van der Waals surface area contributed by atoms with Gasteiger partial charge in [0.15, 0.2) is 0 Å². The fraction of sp³-hybridized carbons (Fsp3) is 0.300. The summed E-state index contributed by atoms with van der Waals surface area (Å²) in [6.07, 6.45) is -3.99. The zero-order valence-corrected chi connectivity index (χ0v) is 8.73. The lowest BCUT2D eigenvalue weighted by molar-refractivity contribution is -0.137. The highest BCUT2D eigenvalue weighted by molar-refractivity contribution is 6.65. The number of halogens is 4. The summed E-state index contributed by atoms with van der Waals surface area (Å²) >= 11 is 5.60. The number of aliphatic imine (C=N–C) groups is 1. The predicted octanol–water partition coefficient (Wildman–Crippen LogP) is 4.38. The molecule has 0 bridgehead atoms. The van der Waals surface area contributed by atoms with E-state index in [4.69, 9.17) is 11.6 Å². The number of rotatable bonds is 2. The van der Waals surface area contributed by atoms with Crippen LogP contribution in [-0.2, 0) is 6.18 Å². The molecule has 1 aromatic rings. The van der Waals surface area contributed by atoms with Gasteiger partial charge in [-0.15, -0.1) is 0 Å². The average Bonchev–Trinajstić information content (AvgIpc) is 2.17. The predicted molar refractivity (Wildman–Crippen MR) is 54.7 cm³/mol. The van der Waals surface area contributed by atoms with Crippen LogP contribution in [0.5, 0.6) is 0 Å². The molecule has 0 saturated carbocycles. The highest BCUT2D eigenvalue weighted by atomic mass is 35.5. The number of nitrogens with zero attached hydrogens (tertiary/aromatic N) is 1. The van der Waals surface area contributed by atoms with Crippen LogP contribution in [-0.4, -0.2) is 5.17 Å². The van der Waals surface area contributed by atoms with Crippen LogP contribution in [0.25, 0.3) is 0 Å². The molecule has 0 aliphatic rings. The van der Waals surface area contributed by atoms with Crippen LogP contribution in [0.3, 0.4) is 0 Å². The summed E-state index contributed by atoms with van der Waals surface area (Å²) in [4.78, 5) is 3.71. The van der Waals surface area contributed by atoms with Crippen molar-refractivity contribution in [3.8, 4) is 0 Å². The summed E-state index contributed by atoms with van der Waals surface area (Å²) in [6.45, 7) is 1.72. The van der Waals surface area contributed by atoms with Gasteiger partial charge in [0, 0.05) is 0 Å². The van der Waals surface area contributed by atoms with E-state index in [9.17, 15) is 13.2 Å². The summed E-state index contributed by atoms with van der Waals surface area (Å²) in [7, 11) is 0. The van der Waals surface area contributed by atoms with Crippen molar-refractivity contribution in [2.45, 2.75) is 19.5 Å². The van der Waals surface area contributed by atoms with Gasteiger partial charge in [0.05, 0.1) is 11.3 Å². The number of alkyl halides is 3. The Hall–Kier alpha value is -1.03. The standard InChI is InChI=1S/C10H9ClF3N/c1-2-9(11)15-8-6-4-3-5-7(8)10(12,13)14/h3-6H,2H2,1H3. The molecule has 0 amide bonds. The lowest BCUT2D eigenvalue weighted by Crippen LogP contribution is -2.05. The van der Waals surface area contributed by atoms with Gasteiger partial charge >= 0.3 is 6.18 Å². The normalized spacial score (nSPS) is 13.0. The van der Waals surface area contributed by atoms with Gasteiger partial charge in [0.1, 0.15) is 5.17 Å². The van der Waals surface area contributed by atoms with Crippen molar-refractivity contribution in [3.05, 3.63) is 29.8 Å². The summed E-state index contributed by atoms with van der Waals surface area (Å²) in [5, 5.41) is 0.159. The number of benzene rings is 1.